The number of carbonyl (C=O) groups excluding carboxylic acids is 2. The maximum absolute atomic E-state index is 12.3. The highest BCUT2D eigenvalue weighted by molar-refractivity contribution is 5.96. The fourth-order valence-corrected chi connectivity index (χ4v) is 2.52. The zero-order valence-corrected chi connectivity index (χ0v) is 16.0. The number of hydrogen-bond donors (Lipinski definition) is 1. The standard InChI is InChI=1S/C20H23NO6/c1-12-6-7-16(24-3)15(8-12)21-19(22)11-27-20(23)14-9-17(25-4)13(2)18(10-14)26-5/h6-10H,11H2,1-5H3,(H,21,22). The minimum atomic E-state index is -0.655. The zero-order chi connectivity index (χ0) is 20.0. The summed E-state index contributed by atoms with van der Waals surface area (Å²) in [5.41, 5.74) is 2.47. The second-order valence-electron chi connectivity index (χ2n) is 5.83. The van der Waals surface area contributed by atoms with Gasteiger partial charge in [-0.25, -0.2) is 4.79 Å². The summed E-state index contributed by atoms with van der Waals surface area (Å²) in [4.78, 5) is 24.4. The molecule has 0 aromatic heterocycles. The first-order valence-corrected chi connectivity index (χ1v) is 8.23. The molecule has 2 aromatic carbocycles. The second kappa shape index (κ2) is 8.93. The average molecular weight is 373 g/mol. The largest absolute Gasteiger partial charge is 0.496 e. The van der Waals surface area contributed by atoms with E-state index < -0.39 is 18.5 Å². The molecule has 0 atom stereocenters. The van der Waals surface area contributed by atoms with Crippen molar-refractivity contribution >= 4 is 17.6 Å². The number of ether oxygens (including phenoxy) is 4. The van der Waals surface area contributed by atoms with Gasteiger partial charge in [0.25, 0.3) is 5.91 Å². The Hall–Kier alpha value is -3.22. The fraction of sp³-hybridized carbons (Fsp3) is 0.300. The fourth-order valence-electron chi connectivity index (χ4n) is 2.52. The molecule has 0 fully saturated rings. The number of amides is 1. The van der Waals surface area contributed by atoms with Gasteiger partial charge >= 0.3 is 5.97 Å². The van der Waals surface area contributed by atoms with Crippen molar-refractivity contribution in [3.63, 3.8) is 0 Å². The molecular weight excluding hydrogens is 350 g/mol. The quantitative estimate of drug-likeness (QED) is 0.751. The Bertz CT molecular complexity index is 821. The van der Waals surface area contributed by atoms with E-state index in [2.05, 4.69) is 5.32 Å². The van der Waals surface area contributed by atoms with Crippen LogP contribution in [0.5, 0.6) is 17.2 Å². The Labute approximate surface area is 158 Å². The van der Waals surface area contributed by atoms with E-state index in [1.54, 1.807) is 24.3 Å². The summed E-state index contributed by atoms with van der Waals surface area (Å²) in [5, 5.41) is 2.67. The van der Waals surface area contributed by atoms with Gasteiger partial charge in [-0.15, -0.1) is 0 Å². The highest BCUT2D eigenvalue weighted by Crippen LogP contribution is 2.30. The van der Waals surface area contributed by atoms with Gasteiger partial charge in [0.1, 0.15) is 17.2 Å². The monoisotopic (exact) mass is 373 g/mol. The van der Waals surface area contributed by atoms with Crippen LogP contribution in [0.25, 0.3) is 0 Å². The normalized spacial score (nSPS) is 10.1. The van der Waals surface area contributed by atoms with Crippen LogP contribution >= 0.6 is 0 Å². The summed E-state index contributed by atoms with van der Waals surface area (Å²) in [7, 11) is 4.51. The molecule has 0 bridgehead atoms. The molecule has 0 heterocycles. The van der Waals surface area contributed by atoms with Crippen LogP contribution in [0.15, 0.2) is 30.3 Å². The van der Waals surface area contributed by atoms with Gasteiger partial charge in [-0.2, -0.15) is 0 Å². The minimum absolute atomic E-state index is 0.232. The Morgan fingerprint density at radius 2 is 1.48 bits per heavy atom. The van der Waals surface area contributed by atoms with E-state index in [9.17, 15) is 9.59 Å². The summed E-state index contributed by atoms with van der Waals surface area (Å²) >= 11 is 0. The second-order valence-corrected chi connectivity index (χ2v) is 5.83. The van der Waals surface area contributed by atoms with Crippen LogP contribution in [-0.4, -0.2) is 39.8 Å². The van der Waals surface area contributed by atoms with Crippen LogP contribution in [-0.2, 0) is 9.53 Å². The molecule has 1 amide bonds. The maximum Gasteiger partial charge on any atom is 0.338 e. The molecule has 0 aliphatic heterocycles. The predicted octanol–water partition coefficient (Wildman–Crippen LogP) is 3.12. The van der Waals surface area contributed by atoms with Crippen LogP contribution in [0, 0.1) is 13.8 Å². The molecule has 7 heteroatoms. The van der Waals surface area contributed by atoms with Gasteiger partial charge in [0, 0.05) is 5.56 Å². The van der Waals surface area contributed by atoms with Gasteiger partial charge in [-0.3, -0.25) is 4.79 Å². The molecule has 0 aliphatic carbocycles. The number of methoxy groups -OCH3 is 3. The third-order valence-corrected chi connectivity index (χ3v) is 3.95. The first-order valence-electron chi connectivity index (χ1n) is 8.23. The molecule has 7 nitrogen and oxygen atoms in total. The number of rotatable bonds is 7. The van der Waals surface area contributed by atoms with E-state index >= 15 is 0 Å². The van der Waals surface area contributed by atoms with Gasteiger partial charge < -0.3 is 24.3 Å². The smallest absolute Gasteiger partial charge is 0.338 e. The van der Waals surface area contributed by atoms with Crippen molar-refractivity contribution in [1.29, 1.82) is 0 Å². The van der Waals surface area contributed by atoms with Crippen molar-refractivity contribution in [2.75, 3.05) is 33.3 Å². The molecule has 2 rings (SSSR count). The molecular formula is C20H23NO6. The number of aryl methyl sites for hydroxylation is 1. The summed E-state index contributed by atoms with van der Waals surface area (Å²) in [5.74, 6) is 0.384. The van der Waals surface area contributed by atoms with Crippen LogP contribution < -0.4 is 19.5 Å². The molecule has 1 N–H and O–H groups in total. The van der Waals surface area contributed by atoms with E-state index in [0.29, 0.717) is 22.9 Å². The van der Waals surface area contributed by atoms with Gasteiger partial charge in [0.15, 0.2) is 6.61 Å². The Morgan fingerprint density at radius 1 is 0.889 bits per heavy atom. The number of esters is 1. The van der Waals surface area contributed by atoms with Crippen LogP contribution in [0.4, 0.5) is 5.69 Å². The summed E-state index contributed by atoms with van der Waals surface area (Å²) in [6.45, 7) is 3.27. The van der Waals surface area contributed by atoms with Crippen LogP contribution in [0.3, 0.4) is 0 Å². The minimum Gasteiger partial charge on any atom is -0.496 e. The number of benzene rings is 2. The lowest BCUT2D eigenvalue weighted by molar-refractivity contribution is -0.119. The van der Waals surface area contributed by atoms with E-state index in [-0.39, 0.29) is 5.56 Å². The number of nitrogens with one attached hydrogen (secondary N) is 1. The maximum atomic E-state index is 12.3. The lowest BCUT2D eigenvalue weighted by Crippen LogP contribution is -2.21. The molecule has 0 spiro atoms. The molecule has 0 radical (unpaired) electrons. The first-order chi connectivity index (χ1) is 12.9. The third-order valence-electron chi connectivity index (χ3n) is 3.95. The number of anilines is 1. The molecule has 0 unspecified atom stereocenters. The van der Waals surface area contributed by atoms with Gasteiger partial charge in [0.2, 0.25) is 0 Å². The van der Waals surface area contributed by atoms with Gasteiger partial charge in [-0.05, 0) is 43.7 Å². The average Bonchev–Trinajstić information content (AvgIpc) is 2.66. The van der Waals surface area contributed by atoms with Crippen molar-refractivity contribution in [2.45, 2.75) is 13.8 Å². The van der Waals surface area contributed by atoms with Crippen molar-refractivity contribution in [1.82, 2.24) is 0 Å². The summed E-state index contributed by atoms with van der Waals surface area (Å²) in [6, 6.07) is 8.48. The molecule has 0 saturated carbocycles. The molecule has 0 saturated heterocycles. The molecule has 27 heavy (non-hydrogen) atoms. The number of hydrogen-bond acceptors (Lipinski definition) is 6. The Kier molecular flexibility index (Phi) is 6.65. The van der Waals surface area contributed by atoms with Gasteiger partial charge in [-0.1, -0.05) is 6.07 Å². The van der Waals surface area contributed by atoms with Crippen LogP contribution in [0.1, 0.15) is 21.5 Å². The first kappa shape index (κ1) is 20.1. The number of carbonyl (C=O) groups is 2. The highest BCUT2D eigenvalue weighted by Gasteiger charge is 2.16. The highest BCUT2D eigenvalue weighted by atomic mass is 16.5. The SMILES string of the molecule is COc1ccc(C)cc1NC(=O)COC(=O)c1cc(OC)c(C)c(OC)c1. The molecule has 144 valence electrons. The molecule has 2 aromatic rings. The predicted molar refractivity (Wildman–Crippen MR) is 101 cm³/mol. The van der Waals surface area contributed by atoms with E-state index in [4.69, 9.17) is 18.9 Å². The Balaban J connectivity index is 2.05. The van der Waals surface area contributed by atoms with Crippen LogP contribution in [0.2, 0.25) is 0 Å². The summed E-state index contributed by atoms with van der Waals surface area (Å²) in [6.07, 6.45) is 0. The van der Waals surface area contributed by atoms with E-state index in [1.165, 1.54) is 21.3 Å². The van der Waals surface area contributed by atoms with Crippen molar-refractivity contribution in [3.05, 3.63) is 47.0 Å². The van der Waals surface area contributed by atoms with E-state index in [0.717, 1.165) is 11.1 Å². The summed E-state index contributed by atoms with van der Waals surface area (Å²) < 4.78 is 20.8. The van der Waals surface area contributed by atoms with Crippen molar-refractivity contribution in [3.8, 4) is 17.2 Å². The molecule has 0 aliphatic rings. The van der Waals surface area contributed by atoms with Crippen molar-refractivity contribution in [2.24, 2.45) is 0 Å². The Morgan fingerprint density at radius 3 is 2.04 bits per heavy atom. The zero-order valence-electron chi connectivity index (χ0n) is 16.0. The third kappa shape index (κ3) is 4.91. The lowest BCUT2D eigenvalue weighted by Gasteiger charge is -2.13. The van der Waals surface area contributed by atoms with E-state index in [1.807, 2.05) is 19.9 Å². The lowest BCUT2D eigenvalue weighted by atomic mass is 10.1. The van der Waals surface area contributed by atoms with Crippen molar-refractivity contribution < 1.29 is 28.5 Å². The van der Waals surface area contributed by atoms with Gasteiger partial charge in [0.05, 0.1) is 32.6 Å². The topological polar surface area (TPSA) is 83.1 Å².